The molecular formula is C18H26O7. The largest absolute Gasteiger partial charge is 0.479 e. The second-order valence-corrected chi connectivity index (χ2v) is 8.07. The molecular weight excluding hydrogens is 328 g/mol. The van der Waals surface area contributed by atoms with Crippen LogP contribution in [0.1, 0.15) is 64.2 Å². The smallest absolute Gasteiger partial charge is 0.335 e. The van der Waals surface area contributed by atoms with E-state index in [1.165, 1.54) is 6.42 Å². The van der Waals surface area contributed by atoms with Crippen molar-refractivity contribution in [2.45, 2.75) is 106 Å². The predicted molar refractivity (Wildman–Crippen MR) is 83.6 cm³/mol. The van der Waals surface area contributed by atoms with E-state index in [1.807, 2.05) is 0 Å². The molecule has 5 atom stereocenters. The maximum Gasteiger partial charge on any atom is 0.335 e. The Labute approximate surface area is 146 Å². The SMILES string of the molecule is O=C(O)[C@@H]1O[C@@H]2OC3(CCCCC3)O[C@@H]2[C@@H]2OC3(CCCCC3)O[C@@H]21. The summed E-state index contributed by atoms with van der Waals surface area (Å²) in [6.45, 7) is 0. The van der Waals surface area contributed by atoms with Gasteiger partial charge in [-0.2, -0.15) is 0 Å². The molecule has 0 bridgehead atoms. The van der Waals surface area contributed by atoms with Crippen LogP contribution in [0, 0.1) is 0 Å². The fourth-order valence-electron chi connectivity index (χ4n) is 5.16. The van der Waals surface area contributed by atoms with Gasteiger partial charge in [0.15, 0.2) is 24.0 Å². The van der Waals surface area contributed by atoms with Crippen molar-refractivity contribution >= 4 is 5.97 Å². The van der Waals surface area contributed by atoms with E-state index in [9.17, 15) is 9.90 Å². The summed E-state index contributed by atoms with van der Waals surface area (Å²) in [5.41, 5.74) is 0. The van der Waals surface area contributed by atoms with Crippen molar-refractivity contribution in [3.05, 3.63) is 0 Å². The third-order valence-electron chi connectivity index (χ3n) is 6.35. The lowest BCUT2D eigenvalue weighted by molar-refractivity contribution is -0.251. The Morgan fingerprint density at radius 1 is 0.720 bits per heavy atom. The van der Waals surface area contributed by atoms with Gasteiger partial charge in [-0.15, -0.1) is 0 Å². The minimum atomic E-state index is -1.07. The first-order valence-corrected chi connectivity index (χ1v) is 9.69. The molecule has 0 aromatic heterocycles. The van der Waals surface area contributed by atoms with Crippen molar-refractivity contribution < 1.29 is 33.6 Å². The highest BCUT2D eigenvalue weighted by molar-refractivity contribution is 5.73. The quantitative estimate of drug-likeness (QED) is 0.773. The summed E-state index contributed by atoms with van der Waals surface area (Å²) >= 11 is 0. The van der Waals surface area contributed by atoms with Crippen molar-refractivity contribution in [2.75, 3.05) is 0 Å². The molecule has 25 heavy (non-hydrogen) atoms. The van der Waals surface area contributed by atoms with Crippen LogP contribution in [0.5, 0.6) is 0 Å². The highest BCUT2D eigenvalue weighted by atomic mass is 16.9. The molecule has 5 rings (SSSR count). The number of fused-ring (bicyclic) bond motifs is 3. The van der Waals surface area contributed by atoms with Crippen molar-refractivity contribution in [3.8, 4) is 0 Å². The van der Waals surface area contributed by atoms with Crippen LogP contribution in [0.15, 0.2) is 0 Å². The molecule has 2 aliphatic carbocycles. The minimum Gasteiger partial charge on any atom is -0.479 e. The van der Waals surface area contributed by atoms with Crippen molar-refractivity contribution in [3.63, 3.8) is 0 Å². The lowest BCUT2D eigenvalue weighted by Crippen LogP contribution is -2.57. The topological polar surface area (TPSA) is 83.5 Å². The van der Waals surface area contributed by atoms with Gasteiger partial charge in [-0.05, 0) is 25.7 Å². The number of carbonyl (C=O) groups is 1. The standard InChI is InChI=1S/C18H26O7/c19-15(20)13-11-12(23-17(22-11)7-3-1-4-8-17)14-16(21-13)25-18(24-14)9-5-2-6-10-18/h11-14,16H,1-10H2,(H,19,20)/t11-,12+,13+,14+,16+/m0/s1. The number of carboxylic acid groups (broad SMARTS) is 1. The minimum absolute atomic E-state index is 0.417. The van der Waals surface area contributed by atoms with E-state index in [1.54, 1.807) is 0 Å². The molecule has 3 saturated heterocycles. The summed E-state index contributed by atoms with van der Waals surface area (Å²) < 4.78 is 30.8. The first-order chi connectivity index (χ1) is 12.1. The van der Waals surface area contributed by atoms with Gasteiger partial charge in [-0.1, -0.05) is 12.8 Å². The van der Waals surface area contributed by atoms with Crippen LogP contribution in [-0.4, -0.2) is 53.4 Å². The molecule has 0 aromatic rings. The van der Waals surface area contributed by atoms with E-state index in [-0.39, 0.29) is 0 Å². The molecule has 7 nitrogen and oxygen atoms in total. The van der Waals surface area contributed by atoms with Crippen molar-refractivity contribution in [2.24, 2.45) is 0 Å². The van der Waals surface area contributed by atoms with Crippen LogP contribution < -0.4 is 0 Å². The molecule has 5 aliphatic rings. The number of carboxylic acids is 1. The lowest BCUT2D eigenvalue weighted by atomic mass is 9.94. The second kappa shape index (κ2) is 5.89. The van der Waals surface area contributed by atoms with Gasteiger partial charge in [-0.3, -0.25) is 0 Å². The van der Waals surface area contributed by atoms with Gasteiger partial charge in [0, 0.05) is 25.7 Å². The van der Waals surface area contributed by atoms with E-state index in [2.05, 4.69) is 0 Å². The van der Waals surface area contributed by atoms with Gasteiger partial charge in [-0.25, -0.2) is 4.79 Å². The number of rotatable bonds is 1. The zero-order valence-corrected chi connectivity index (χ0v) is 14.4. The molecule has 0 amide bonds. The third kappa shape index (κ3) is 2.63. The third-order valence-corrected chi connectivity index (χ3v) is 6.35. The molecule has 2 saturated carbocycles. The van der Waals surface area contributed by atoms with Crippen LogP contribution in [0.2, 0.25) is 0 Å². The highest BCUT2D eigenvalue weighted by Gasteiger charge is 2.65. The Morgan fingerprint density at radius 3 is 1.84 bits per heavy atom. The summed E-state index contributed by atoms with van der Waals surface area (Å²) in [5.74, 6) is -2.35. The maximum atomic E-state index is 11.8. The van der Waals surface area contributed by atoms with Gasteiger partial charge in [0.1, 0.15) is 18.3 Å². The summed E-state index contributed by atoms with van der Waals surface area (Å²) in [5, 5.41) is 9.64. The fourth-order valence-corrected chi connectivity index (χ4v) is 5.16. The van der Waals surface area contributed by atoms with Crippen LogP contribution in [0.3, 0.4) is 0 Å². The number of hydrogen-bond acceptors (Lipinski definition) is 6. The molecule has 0 radical (unpaired) electrons. The molecule has 7 heteroatoms. The Bertz CT molecular complexity index is 538. The summed E-state index contributed by atoms with van der Waals surface area (Å²) in [4.78, 5) is 11.8. The van der Waals surface area contributed by atoms with Crippen molar-refractivity contribution in [1.29, 1.82) is 0 Å². The molecule has 0 unspecified atom stereocenters. The predicted octanol–water partition coefficient (Wildman–Crippen LogP) is 2.32. The highest BCUT2D eigenvalue weighted by Crippen LogP contribution is 2.50. The number of ether oxygens (including phenoxy) is 5. The van der Waals surface area contributed by atoms with Gasteiger partial charge >= 0.3 is 5.97 Å². The average molecular weight is 354 g/mol. The molecule has 5 fully saturated rings. The monoisotopic (exact) mass is 354 g/mol. The van der Waals surface area contributed by atoms with Crippen LogP contribution in [0.4, 0.5) is 0 Å². The van der Waals surface area contributed by atoms with Crippen LogP contribution in [0.25, 0.3) is 0 Å². The Balaban J connectivity index is 1.43. The van der Waals surface area contributed by atoms with Crippen LogP contribution in [-0.2, 0) is 28.5 Å². The van der Waals surface area contributed by atoms with Gasteiger partial charge in [0.05, 0.1) is 0 Å². The Kier molecular flexibility index (Phi) is 3.87. The summed E-state index contributed by atoms with van der Waals surface area (Å²) in [7, 11) is 0. The van der Waals surface area contributed by atoms with E-state index in [4.69, 9.17) is 23.7 Å². The average Bonchev–Trinajstić information content (AvgIpc) is 3.13. The van der Waals surface area contributed by atoms with Crippen LogP contribution >= 0.6 is 0 Å². The molecule has 0 aromatic carbocycles. The molecule has 3 heterocycles. The molecule has 140 valence electrons. The Morgan fingerprint density at radius 2 is 1.24 bits per heavy atom. The second-order valence-electron chi connectivity index (χ2n) is 8.07. The van der Waals surface area contributed by atoms with E-state index < -0.39 is 48.2 Å². The number of aliphatic carboxylic acids is 1. The fraction of sp³-hybridized carbons (Fsp3) is 0.944. The zero-order chi connectivity index (χ0) is 17.1. The van der Waals surface area contributed by atoms with E-state index in [0.29, 0.717) is 0 Å². The summed E-state index contributed by atoms with van der Waals surface area (Å²) in [6, 6.07) is 0. The lowest BCUT2D eigenvalue weighted by Gasteiger charge is -2.35. The molecule has 2 spiro atoms. The van der Waals surface area contributed by atoms with E-state index in [0.717, 1.165) is 57.8 Å². The zero-order valence-electron chi connectivity index (χ0n) is 14.4. The maximum absolute atomic E-state index is 11.8. The van der Waals surface area contributed by atoms with Gasteiger partial charge in [0.25, 0.3) is 0 Å². The van der Waals surface area contributed by atoms with Gasteiger partial charge < -0.3 is 28.8 Å². The molecule has 1 N–H and O–H groups in total. The first-order valence-electron chi connectivity index (χ1n) is 9.69. The normalized spacial score (nSPS) is 44.6. The number of hydrogen-bond donors (Lipinski definition) is 1. The Hall–Kier alpha value is -0.730. The van der Waals surface area contributed by atoms with E-state index >= 15 is 0 Å². The first kappa shape index (κ1) is 16.4. The van der Waals surface area contributed by atoms with Crippen molar-refractivity contribution in [1.82, 2.24) is 0 Å². The summed E-state index contributed by atoms with van der Waals surface area (Å²) in [6.07, 6.45) is 6.50. The van der Waals surface area contributed by atoms with Gasteiger partial charge in [0.2, 0.25) is 0 Å². The molecule has 3 aliphatic heterocycles.